The molecule has 0 N–H and O–H groups in total. The largest absolute Gasteiger partial charge is 0.317 e. The van der Waals surface area contributed by atoms with Crippen LogP contribution in [0.1, 0.15) is 19.4 Å². The Morgan fingerprint density at radius 3 is 1.93 bits per heavy atom. The Hall–Kier alpha value is -5.60. The first-order valence-corrected chi connectivity index (χ1v) is 15.2. The maximum Gasteiger partial charge on any atom is 0.0528 e. The highest BCUT2D eigenvalue weighted by molar-refractivity contribution is 5.90. The van der Waals surface area contributed by atoms with Crippen LogP contribution in [0.25, 0.3) is 44.1 Å². The SMILES string of the molecule is C/C=C\C(=C/C)c1ccc(N(c2ccc(-c3ccc4c(ccn4-c4ccccc4)c3)cc2)c2ccc3ccccc3c2)cc1. The first kappa shape index (κ1) is 27.2. The molecule has 0 radical (unpaired) electrons. The normalized spacial score (nSPS) is 11.9. The predicted octanol–water partition coefficient (Wildman–Crippen LogP) is 11.9. The van der Waals surface area contributed by atoms with Crippen LogP contribution in [0.3, 0.4) is 0 Å². The summed E-state index contributed by atoms with van der Waals surface area (Å²) in [4.78, 5) is 2.34. The Labute approximate surface area is 259 Å². The highest BCUT2D eigenvalue weighted by Gasteiger charge is 2.14. The fraction of sp³-hybridized carbons (Fsp3) is 0.0476. The summed E-state index contributed by atoms with van der Waals surface area (Å²) in [6, 6.07) is 52.5. The minimum atomic E-state index is 1.12. The zero-order valence-electron chi connectivity index (χ0n) is 25.1. The Morgan fingerprint density at radius 1 is 0.545 bits per heavy atom. The van der Waals surface area contributed by atoms with Crippen molar-refractivity contribution in [1.29, 1.82) is 0 Å². The molecule has 0 saturated heterocycles. The van der Waals surface area contributed by atoms with Gasteiger partial charge in [-0.2, -0.15) is 0 Å². The van der Waals surface area contributed by atoms with Gasteiger partial charge in [-0.3, -0.25) is 0 Å². The van der Waals surface area contributed by atoms with E-state index in [2.05, 4.69) is 193 Å². The van der Waals surface area contributed by atoms with Crippen LogP contribution in [-0.4, -0.2) is 4.57 Å². The van der Waals surface area contributed by atoms with E-state index >= 15 is 0 Å². The average Bonchev–Trinajstić information content (AvgIpc) is 3.52. The van der Waals surface area contributed by atoms with Crippen LogP contribution < -0.4 is 4.90 Å². The van der Waals surface area contributed by atoms with E-state index in [1.807, 2.05) is 0 Å². The Balaban J connectivity index is 1.26. The molecule has 0 bridgehead atoms. The second-order valence-corrected chi connectivity index (χ2v) is 11.0. The van der Waals surface area contributed by atoms with Crippen LogP contribution in [-0.2, 0) is 0 Å². The van der Waals surface area contributed by atoms with Crippen LogP contribution in [0.2, 0.25) is 0 Å². The van der Waals surface area contributed by atoms with E-state index < -0.39 is 0 Å². The van der Waals surface area contributed by atoms with Crippen LogP contribution >= 0.6 is 0 Å². The third-order valence-corrected chi connectivity index (χ3v) is 8.29. The molecule has 0 saturated carbocycles. The molecule has 0 spiro atoms. The lowest BCUT2D eigenvalue weighted by molar-refractivity contribution is 1.13. The van der Waals surface area contributed by atoms with Gasteiger partial charge >= 0.3 is 0 Å². The Morgan fingerprint density at radius 2 is 1.20 bits per heavy atom. The molecule has 1 heterocycles. The third kappa shape index (κ3) is 5.23. The van der Waals surface area contributed by atoms with E-state index in [0.29, 0.717) is 0 Å². The zero-order chi connectivity index (χ0) is 29.9. The van der Waals surface area contributed by atoms with E-state index in [1.54, 1.807) is 0 Å². The van der Waals surface area contributed by atoms with Crippen molar-refractivity contribution in [1.82, 2.24) is 4.57 Å². The molecular weight excluding hydrogens is 532 g/mol. The number of hydrogen-bond donors (Lipinski definition) is 0. The summed E-state index contributed by atoms with van der Waals surface area (Å²) in [5.41, 5.74) is 10.6. The number of allylic oxidation sites excluding steroid dienone is 4. The molecule has 6 aromatic carbocycles. The molecule has 1 aromatic heterocycles. The van der Waals surface area contributed by atoms with Crippen LogP contribution in [0.4, 0.5) is 17.1 Å². The molecule has 0 fully saturated rings. The molecular formula is C42H34N2. The quantitative estimate of drug-likeness (QED) is 0.174. The molecule has 44 heavy (non-hydrogen) atoms. The lowest BCUT2D eigenvalue weighted by atomic mass is 10.0. The predicted molar refractivity (Wildman–Crippen MR) is 189 cm³/mol. The zero-order valence-corrected chi connectivity index (χ0v) is 25.1. The maximum absolute atomic E-state index is 2.34. The van der Waals surface area contributed by atoms with E-state index in [9.17, 15) is 0 Å². The summed E-state index contributed by atoms with van der Waals surface area (Å²) >= 11 is 0. The smallest absolute Gasteiger partial charge is 0.0528 e. The third-order valence-electron chi connectivity index (χ3n) is 8.29. The van der Waals surface area contributed by atoms with E-state index in [4.69, 9.17) is 0 Å². The maximum atomic E-state index is 2.34. The Kier molecular flexibility index (Phi) is 7.40. The van der Waals surface area contributed by atoms with E-state index in [-0.39, 0.29) is 0 Å². The van der Waals surface area contributed by atoms with Crippen molar-refractivity contribution < 1.29 is 0 Å². The summed E-state index contributed by atoms with van der Waals surface area (Å²) in [6.07, 6.45) is 8.55. The number of benzene rings is 6. The first-order valence-electron chi connectivity index (χ1n) is 15.2. The molecule has 0 aliphatic carbocycles. The lowest BCUT2D eigenvalue weighted by Crippen LogP contribution is -2.10. The van der Waals surface area contributed by atoms with E-state index in [1.165, 1.54) is 49.6 Å². The molecule has 0 aliphatic rings. The molecule has 2 heteroatoms. The summed E-state index contributed by atoms with van der Waals surface area (Å²) in [5.74, 6) is 0. The second kappa shape index (κ2) is 11.9. The van der Waals surface area contributed by atoms with Crippen molar-refractivity contribution in [2.75, 3.05) is 4.90 Å². The fourth-order valence-electron chi connectivity index (χ4n) is 6.04. The monoisotopic (exact) mass is 566 g/mol. The standard InChI is InChI=1S/C42H34N2/c1-3-10-31(4-2)33-15-21-39(22-16-33)44(41-25-19-32-11-8-9-12-35(32)30-41)40-23-17-34(18-24-40)36-20-26-42-37(29-36)27-28-43(42)38-13-6-5-7-14-38/h3-30H,1-2H3/b10-3-,31-4+. The number of rotatable bonds is 7. The highest BCUT2D eigenvalue weighted by atomic mass is 15.1. The van der Waals surface area contributed by atoms with Gasteiger partial charge in [-0.05, 0) is 114 Å². The number of para-hydroxylation sites is 1. The molecule has 7 rings (SSSR count). The summed E-state index contributed by atoms with van der Waals surface area (Å²) < 4.78 is 2.24. The number of fused-ring (bicyclic) bond motifs is 2. The van der Waals surface area contributed by atoms with Crippen molar-refractivity contribution in [2.24, 2.45) is 0 Å². The number of nitrogens with zero attached hydrogens (tertiary/aromatic N) is 2. The minimum Gasteiger partial charge on any atom is -0.317 e. The van der Waals surface area contributed by atoms with Crippen LogP contribution in [0, 0.1) is 0 Å². The topological polar surface area (TPSA) is 8.17 Å². The van der Waals surface area contributed by atoms with Gasteiger partial charge in [-0.15, -0.1) is 0 Å². The number of anilines is 3. The van der Waals surface area contributed by atoms with Gasteiger partial charge in [0.05, 0.1) is 5.52 Å². The van der Waals surface area contributed by atoms with Crippen molar-refractivity contribution >= 4 is 44.3 Å². The molecule has 2 nitrogen and oxygen atoms in total. The molecule has 0 atom stereocenters. The van der Waals surface area contributed by atoms with Gasteiger partial charge in [0.15, 0.2) is 0 Å². The van der Waals surface area contributed by atoms with Gasteiger partial charge in [0.25, 0.3) is 0 Å². The molecule has 212 valence electrons. The van der Waals surface area contributed by atoms with E-state index in [0.717, 1.165) is 17.1 Å². The van der Waals surface area contributed by atoms with Crippen LogP contribution in [0.5, 0.6) is 0 Å². The van der Waals surface area contributed by atoms with Gasteiger partial charge in [0.1, 0.15) is 0 Å². The summed E-state index contributed by atoms with van der Waals surface area (Å²) in [6.45, 7) is 4.14. The Bertz CT molecular complexity index is 2110. The van der Waals surface area contributed by atoms with Crippen molar-refractivity contribution in [3.8, 4) is 16.8 Å². The first-order chi connectivity index (χ1) is 21.7. The molecule has 7 aromatic rings. The lowest BCUT2D eigenvalue weighted by Gasteiger charge is -2.26. The fourth-order valence-corrected chi connectivity index (χ4v) is 6.04. The summed E-state index contributed by atoms with van der Waals surface area (Å²) in [5, 5.41) is 3.69. The number of hydrogen-bond acceptors (Lipinski definition) is 1. The van der Waals surface area contributed by atoms with Gasteiger partial charge in [0.2, 0.25) is 0 Å². The van der Waals surface area contributed by atoms with Gasteiger partial charge in [-0.1, -0.05) is 97.1 Å². The van der Waals surface area contributed by atoms with Crippen molar-refractivity contribution in [3.63, 3.8) is 0 Å². The molecule has 0 amide bonds. The van der Waals surface area contributed by atoms with Crippen molar-refractivity contribution in [3.05, 3.63) is 176 Å². The van der Waals surface area contributed by atoms with Gasteiger partial charge < -0.3 is 9.47 Å². The van der Waals surface area contributed by atoms with Gasteiger partial charge in [0, 0.05) is 34.3 Å². The number of aromatic nitrogens is 1. The van der Waals surface area contributed by atoms with Crippen LogP contribution in [0.15, 0.2) is 170 Å². The van der Waals surface area contributed by atoms with Crippen molar-refractivity contribution in [2.45, 2.75) is 13.8 Å². The van der Waals surface area contributed by atoms with Gasteiger partial charge in [-0.25, -0.2) is 0 Å². The second-order valence-electron chi connectivity index (χ2n) is 11.0. The highest BCUT2D eigenvalue weighted by Crippen LogP contribution is 2.38. The molecule has 0 unspecified atom stereocenters. The minimum absolute atomic E-state index is 1.12. The molecule has 0 aliphatic heterocycles. The summed E-state index contributed by atoms with van der Waals surface area (Å²) in [7, 11) is 0. The average molecular weight is 567 g/mol.